The Bertz CT molecular complexity index is 777. The molecule has 24 heavy (non-hydrogen) atoms. The van der Waals surface area contributed by atoms with E-state index in [4.69, 9.17) is 11.6 Å². The molecule has 0 amide bonds. The number of pyridine rings is 1. The molecule has 0 fully saturated rings. The van der Waals surface area contributed by atoms with Crippen molar-refractivity contribution in [3.8, 4) is 11.3 Å². The first kappa shape index (κ1) is 16.6. The summed E-state index contributed by atoms with van der Waals surface area (Å²) in [5.41, 5.74) is 2.94. The number of nitrogens with one attached hydrogen (secondary N) is 2. The minimum Gasteiger partial charge on any atom is -0.394 e. The molecule has 0 saturated carbocycles. The minimum absolute atomic E-state index is 0.163. The summed E-state index contributed by atoms with van der Waals surface area (Å²) in [4.78, 5) is 3.97. The van der Waals surface area contributed by atoms with Gasteiger partial charge in [-0.05, 0) is 35.9 Å². The third-order valence-corrected chi connectivity index (χ3v) is 3.93. The number of H-pyrrole nitrogens is 1. The number of aliphatic hydroxyl groups excluding tert-OH is 2. The molecule has 4 N–H and O–H groups in total. The molecule has 0 radical (unpaired) electrons. The third-order valence-electron chi connectivity index (χ3n) is 3.68. The Balaban J connectivity index is 1.73. The molecule has 6 nitrogen and oxygen atoms in total. The summed E-state index contributed by atoms with van der Waals surface area (Å²) in [6, 6.07) is 12.1. The predicted molar refractivity (Wildman–Crippen MR) is 91.2 cm³/mol. The van der Waals surface area contributed by atoms with E-state index in [0.29, 0.717) is 16.4 Å². The zero-order valence-corrected chi connectivity index (χ0v) is 13.5. The Morgan fingerprint density at radius 3 is 2.50 bits per heavy atom. The SMILES string of the molecule is OCC(NC(O)c1cc(-c2ccncc2)n[nH]1)c1ccc(Cl)cc1. The van der Waals surface area contributed by atoms with Crippen molar-refractivity contribution in [2.45, 2.75) is 12.3 Å². The van der Waals surface area contributed by atoms with Gasteiger partial charge in [0.25, 0.3) is 0 Å². The second kappa shape index (κ2) is 7.55. The number of nitrogens with zero attached hydrogens (tertiary/aromatic N) is 2. The summed E-state index contributed by atoms with van der Waals surface area (Å²) >= 11 is 5.87. The summed E-state index contributed by atoms with van der Waals surface area (Å²) in [5.74, 6) is 0. The van der Waals surface area contributed by atoms with Crippen molar-refractivity contribution in [3.05, 3.63) is 71.1 Å². The number of aromatic nitrogens is 3. The molecule has 2 atom stereocenters. The molecule has 1 aromatic carbocycles. The maximum Gasteiger partial charge on any atom is 0.148 e. The number of aliphatic hydroxyl groups is 2. The molecular formula is C17H17ClN4O2. The van der Waals surface area contributed by atoms with Crippen molar-refractivity contribution < 1.29 is 10.2 Å². The molecule has 0 bridgehead atoms. The molecule has 7 heteroatoms. The van der Waals surface area contributed by atoms with E-state index >= 15 is 0 Å². The Hall–Kier alpha value is -2.25. The average molecular weight is 345 g/mol. The van der Waals surface area contributed by atoms with Gasteiger partial charge in [0.2, 0.25) is 0 Å². The molecule has 3 rings (SSSR count). The quantitative estimate of drug-likeness (QED) is 0.515. The first-order valence-electron chi connectivity index (χ1n) is 7.43. The fraction of sp³-hybridized carbons (Fsp3) is 0.176. The van der Waals surface area contributed by atoms with Crippen LogP contribution in [0, 0.1) is 0 Å². The largest absolute Gasteiger partial charge is 0.394 e. The monoisotopic (exact) mass is 344 g/mol. The normalized spacial score (nSPS) is 13.6. The standard InChI is InChI=1S/C17H17ClN4O2/c18-13-3-1-11(2-4-13)16(10-23)20-17(24)15-9-14(21-22-15)12-5-7-19-8-6-12/h1-9,16-17,20,23-24H,10H2,(H,21,22). The number of rotatable bonds is 6. The van der Waals surface area contributed by atoms with E-state index in [-0.39, 0.29) is 6.61 Å². The van der Waals surface area contributed by atoms with Crippen molar-refractivity contribution in [3.63, 3.8) is 0 Å². The number of halogens is 1. The average Bonchev–Trinajstić information content (AvgIpc) is 3.11. The van der Waals surface area contributed by atoms with Crippen LogP contribution in [0.2, 0.25) is 5.02 Å². The summed E-state index contributed by atoms with van der Waals surface area (Å²) in [6.45, 7) is -0.163. The van der Waals surface area contributed by atoms with Crippen LogP contribution in [0.5, 0.6) is 0 Å². The van der Waals surface area contributed by atoms with Gasteiger partial charge >= 0.3 is 0 Å². The highest BCUT2D eigenvalue weighted by atomic mass is 35.5. The molecule has 0 aliphatic carbocycles. The second-order valence-corrected chi connectivity index (χ2v) is 5.74. The molecular weight excluding hydrogens is 328 g/mol. The lowest BCUT2D eigenvalue weighted by Gasteiger charge is -2.20. The molecule has 2 aromatic heterocycles. The molecule has 0 aliphatic rings. The van der Waals surface area contributed by atoms with Gasteiger partial charge in [-0.3, -0.25) is 15.4 Å². The lowest BCUT2D eigenvalue weighted by Crippen LogP contribution is -2.29. The Morgan fingerprint density at radius 1 is 1.12 bits per heavy atom. The van der Waals surface area contributed by atoms with Crippen LogP contribution in [-0.4, -0.2) is 32.0 Å². The highest BCUT2D eigenvalue weighted by Crippen LogP contribution is 2.22. The minimum atomic E-state index is -0.999. The van der Waals surface area contributed by atoms with E-state index in [1.54, 1.807) is 42.7 Å². The predicted octanol–water partition coefficient (Wildman–Crippen LogP) is 2.44. The van der Waals surface area contributed by atoms with Crippen LogP contribution in [0.4, 0.5) is 0 Å². The first-order chi connectivity index (χ1) is 11.7. The van der Waals surface area contributed by atoms with Crippen LogP contribution in [0.1, 0.15) is 23.5 Å². The maximum atomic E-state index is 10.4. The number of benzene rings is 1. The zero-order valence-electron chi connectivity index (χ0n) is 12.7. The zero-order chi connectivity index (χ0) is 16.9. The van der Waals surface area contributed by atoms with E-state index in [0.717, 1.165) is 11.1 Å². The topological polar surface area (TPSA) is 94.1 Å². The molecule has 124 valence electrons. The highest BCUT2D eigenvalue weighted by molar-refractivity contribution is 6.30. The van der Waals surface area contributed by atoms with Crippen LogP contribution in [0.3, 0.4) is 0 Å². The van der Waals surface area contributed by atoms with Crippen molar-refractivity contribution >= 4 is 11.6 Å². The Morgan fingerprint density at radius 2 is 1.83 bits per heavy atom. The molecule has 2 unspecified atom stereocenters. The molecule has 0 spiro atoms. The smallest absolute Gasteiger partial charge is 0.148 e. The van der Waals surface area contributed by atoms with Gasteiger partial charge in [0.05, 0.1) is 24.0 Å². The lowest BCUT2D eigenvalue weighted by atomic mass is 10.1. The van der Waals surface area contributed by atoms with Gasteiger partial charge in [0, 0.05) is 23.0 Å². The van der Waals surface area contributed by atoms with E-state index < -0.39 is 12.3 Å². The van der Waals surface area contributed by atoms with Crippen molar-refractivity contribution in [1.29, 1.82) is 0 Å². The van der Waals surface area contributed by atoms with E-state index in [9.17, 15) is 10.2 Å². The van der Waals surface area contributed by atoms with Crippen LogP contribution >= 0.6 is 11.6 Å². The highest BCUT2D eigenvalue weighted by Gasteiger charge is 2.18. The van der Waals surface area contributed by atoms with Gasteiger partial charge in [-0.2, -0.15) is 5.10 Å². The van der Waals surface area contributed by atoms with Gasteiger partial charge < -0.3 is 10.2 Å². The van der Waals surface area contributed by atoms with E-state index in [1.807, 2.05) is 12.1 Å². The maximum absolute atomic E-state index is 10.4. The van der Waals surface area contributed by atoms with Crippen LogP contribution in [-0.2, 0) is 0 Å². The van der Waals surface area contributed by atoms with Gasteiger partial charge in [0.1, 0.15) is 6.23 Å². The van der Waals surface area contributed by atoms with Gasteiger partial charge in [-0.25, -0.2) is 0 Å². The van der Waals surface area contributed by atoms with Crippen molar-refractivity contribution in [2.24, 2.45) is 0 Å². The lowest BCUT2D eigenvalue weighted by molar-refractivity contribution is 0.100. The third kappa shape index (κ3) is 3.80. The molecule has 2 heterocycles. The Kier molecular flexibility index (Phi) is 5.22. The summed E-state index contributed by atoms with van der Waals surface area (Å²) < 4.78 is 0. The van der Waals surface area contributed by atoms with Crippen molar-refractivity contribution in [1.82, 2.24) is 20.5 Å². The van der Waals surface area contributed by atoms with E-state index in [2.05, 4.69) is 20.5 Å². The molecule has 3 aromatic rings. The second-order valence-electron chi connectivity index (χ2n) is 5.30. The molecule has 0 saturated heterocycles. The Labute approximate surface area is 144 Å². The van der Waals surface area contributed by atoms with E-state index in [1.165, 1.54) is 0 Å². The fourth-order valence-electron chi connectivity index (χ4n) is 2.38. The molecule has 0 aliphatic heterocycles. The summed E-state index contributed by atoms with van der Waals surface area (Å²) in [7, 11) is 0. The van der Waals surface area contributed by atoms with Crippen LogP contribution in [0.25, 0.3) is 11.3 Å². The fourth-order valence-corrected chi connectivity index (χ4v) is 2.50. The summed E-state index contributed by atoms with van der Waals surface area (Å²) in [6.07, 6.45) is 2.36. The van der Waals surface area contributed by atoms with Crippen molar-refractivity contribution in [2.75, 3.05) is 6.61 Å². The van der Waals surface area contributed by atoms with Gasteiger partial charge in [-0.1, -0.05) is 23.7 Å². The number of aromatic amines is 1. The first-order valence-corrected chi connectivity index (χ1v) is 7.81. The van der Waals surface area contributed by atoms with Gasteiger partial charge in [-0.15, -0.1) is 0 Å². The van der Waals surface area contributed by atoms with Crippen LogP contribution in [0.15, 0.2) is 54.9 Å². The summed E-state index contributed by atoms with van der Waals surface area (Å²) in [5, 5.41) is 30.5. The van der Waals surface area contributed by atoms with Crippen LogP contribution < -0.4 is 5.32 Å². The number of hydrogen-bond acceptors (Lipinski definition) is 5. The number of hydrogen-bond donors (Lipinski definition) is 4. The van der Waals surface area contributed by atoms with Gasteiger partial charge in [0.15, 0.2) is 0 Å².